The van der Waals surface area contributed by atoms with Crippen LogP contribution in [0.15, 0.2) is 18.2 Å². The van der Waals surface area contributed by atoms with E-state index in [1.165, 1.54) is 12.1 Å². The minimum absolute atomic E-state index is 0.0588. The molecule has 9 nitrogen and oxygen atoms in total. The van der Waals surface area contributed by atoms with Gasteiger partial charge in [-0.3, -0.25) is 14.9 Å². The van der Waals surface area contributed by atoms with Gasteiger partial charge in [-0.1, -0.05) is 6.92 Å². The van der Waals surface area contributed by atoms with Crippen molar-refractivity contribution in [2.75, 3.05) is 50.9 Å². The van der Waals surface area contributed by atoms with Crippen molar-refractivity contribution in [1.29, 1.82) is 0 Å². The molecule has 28 heavy (non-hydrogen) atoms. The second-order valence-electron chi connectivity index (χ2n) is 7.22. The number of nitro benzene ring substituents is 1. The van der Waals surface area contributed by atoms with Crippen molar-refractivity contribution in [2.45, 2.75) is 19.8 Å². The largest absolute Gasteiger partial charge is 0.452 e. The number of rotatable bonds is 5. The molecule has 1 atom stereocenters. The van der Waals surface area contributed by atoms with Gasteiger partial charge in [-0.15, -0.1) is 0 Å². The van der Waals surface area contributed by atoms with Crippen LogP contribution in [0, 0.1) is 16.0 Å². The Morgan fingerprint density at radius 3 is 2.71 bits per heavy atom. The third-order valence-electron chi connectivity index (χ3n) is 5.10. The van der Waals surface area contributed by atoms with Crippen LogP contribution in [0.1, 0.15) is 30.1 Å². The number of piperidine rings is 1. The van der Waals surface area contributed by atoms with Gasteiger partial charge in [0.15, 0.2) is 6.61 Å². The molecule has 0 unspecified atom stereocenters. The maximum absolute atomic E-state index is 12.3. The zero-order valence-electron chi connectivity index (χ0n) is 16.0. The Bertz CT molecular complexity index is 747. The van der Waals surface area contributed by atoms with Crippen LogP contribution in [0.2, 0.25) is 0 Å². The minimum Gasteiger partial charge on any atom is -0.452 e. The van der Waals surface area contributed by atoms with Crippen LogP contribution in [-0.4, -0.2) is 67.7 Å². The molecule has 0 N–H and O–H groups in total. The monoisotopic (exact) mass is 391 g/mol. The third-order valence-corrected chi connectivity index (χ3v) is 5.10. The molecule has 2 aliphatic rings. The van der Waals surface area contributed by atoms with Gasteiger partial charge in [0.1, 0.15) is 5.69 Å². The van der Waals surface area contributed by atoms with Crippen molar-refractivity contribution in [3.63, 3.8) is 0 Å². The number of hydrogen-bond acceptors (Lipinski definition) is 7. The number of morpholine rings is 1. The first-order valence-electron chi connectivity index (χ1n) is 9.51. The zero-order chi connectivity index (χ0) is 20.1. The first-order valence-corrected chi connectivity index (χ1v) is 9.51. The summed E-state index contributed by atoms with van der Waals surface area (Å²) < 4.78 is 10.4. The topological polar surface area (TPSA) is 102 Å². The van der Waals surface area contributed by atoms with Gasteiger partial charge in [0.25, 0.3) is 11.6 Å². The summed E-state index contributed by atoms with van der Waals surface area (Å²) in [5.41, 5.74) is 0.347. The fourth-order valence-electron chi connectivity index (χ4n) is 3.59. The number of ether oxygens (including phenoxy) is 2. The number of esters is 1. The highest BCUT2D eigenvalue weighted by atomic mass is 16.6. The number of carbonyl (C=O) groups is 2. The van der Waals surface area contributed by atoms with Gasteiger partial charge in [0.05, 0.1) is 23.7 Å². The molecule has 152 valence electrons. The maximum atomic E-state index is 12.3. The second kappa shape index (κ2) is 9.01. The molecular weight excluding hydrogens is 366 g/mol. The van der Waals surface area contributed by atoms with Crippen molar-refractivity contribution >= 4 is 23.3 Å². The molecule has 3 rings (SSSR count). The van der Waals surface area contributed by atoms with E-state index in [4.69, 9.17) is 9.47 Å². The van der Waals surface area contributed by atoms with Crippen LogP contribution in [0.25, 0.3) is 0 Å². The van der Waals surface area contributed by atoms with Crippen molar-refractivity contribution in [1.82, 2.24) is 4.90 Å². The van der Waals surface area contributed by atoms with Crippen LogP contribution < -0.4 is 4.90 Å². The number of carbonyl (C=O) groups excluding carboxylic acids is 2. The first kappa shape index (κ1) is 20.1. The molecule has 1 amide bonds. The first-order chi connectivity index (χ1) is 13.5. The lowest BCUT2D eigenvalue weighted by Crippen LogP contribution is -2.41. The summed E-state index contributed by atoms with van der Waals surface area (Å²) in [5, 5.41) is 11.5. The Balaban J connectivity index is 1.65. The normalized spacial score (nSPS) is 20.0. The van der Waals surface area contributed by atoms with Crippen molar-refractivity contribution in [3.05, 3.63) is 33.9 Å². The smallest absolute Gasteiger partial charge is 0.338 e. The van der Waals surface area contributed by atoms with E-state index in [2.05, 4.69) is 6.92 Å². The van der Waals surface area contributed by atoms with E-state index in [0.717, 1.165) is 12.8 Å². The lowest BCUT2D eigenvalue weighted by Gasteiger charge is -2.30. The van der Waals surface area contributed by atoms with Crippen LogP contribution in [0.4, 0.5) is 11.4 Å². The molecule has 9 heteroatoms. The predicted octanol–water partition coefficient (Wildman–Crippen LogP) is 1.85. The fraction of sp³-hybridized carbons (Fsp3) is 0.579. The Labute approximate surface area is 163 Å². The minimum atomic E-state index is -0.741. The van der Waals surface area contributed by atoms with Crippen LogP contribution in [0.5, 0.6) is 0 Å². The molecule has 2 saturated heterocycles. The summed E-state index contributed by atoms with van der Waals surface area (Å²) in [6.45, 7) is 5.15. The van der Waals surface area contributed by atoms with Crippen molar-refractivity contribution < 1.29 is 24.0 Å². The van der Waals surface area contributed by atoms with Gasteiger partial charge < -0.3 is 19.3 Å². The fourth-order valence-corrected chi connectivity index (χ4v) is 3.59. The van der Waals surface area contributed by atoms with E-state index in [0.29, 0.717) is 51.0 Å². The Morgan fingerprint density at radius 2 is 2.04 bits per heavy atom. The predicted molar refractivity (Wildman–Crippen MR) is 101 cm³/mol. The molecule has 0 radical (unpaired) electrons. The number of benzene rings is 1. The summed E-state index contributed by atoms with van der Waals surface area (Å²) in [6.07, 6.45) is 2.03. The van der Waals surface area contributed by atoms with Crippen LogP contribution in [-0.2, 0) is 14.3 Å². The number of amides is 1. The number of likely N-dealkylation sites (tertiary alicyclic amines) is 1. The van der Waals surface area contributed by atoms with Gasteiger partial charge in [0, 0.05) is 32.2 Å². The molecule has 0 bridgehead atoms. The van der Waals surface area contributed by atoms with Crippen LogP contribution in [0.3, 0.4) is 0 Å². The maximum Gasteiger partial charge on any atom is 0.338 e. The summed E-state index contributed by atoms with van der Waals surface area (Å²) >= 11 is 0. The summed E-state index contributed by atoms with van der Waals surface area (Å²) in [4.78, 5) is 39.1. The third kappa shape index (κ3) is 4.78. The van der Waals surface area contributed by atoms with Crippen LogP contribution >= 0.6 is 0 Å². The molecule has 2 heterocycles. The van der Waals surface area contributed by atoms with E-state index >= 15 is 0 Å². The van der Waals surface area contributed by atoms with Gasteiger partial charge in [-0.2, -0.15) is 0 Å². The zero-order valence-corrected chi connectivity index (χ0v) is 16.0. The number of nitrogens with zero attached hydrogens (tertiary/aromatic N) is 3. The molecule has 1 aromatic carbocycles. The molecule has 0 saturated carbocycles. The highest BCUT2D eigenvalue weighted by Gasteiger charge is 2.25. The van der Waals surface area contributed by atoms with Gasteiger partial charge in [0.2, 0.25) is 0 Å². The molecule has 0 aromatic heterocycles. The number of anilines is 1. The summed E-state index contributed by atoms with van der Waals surface area (Å²) in [6, 6.07) is 4.25. The van der Waals surface area contributed by atoms with Crippen molar-refractivity contribution in [2.24, 2.45) is 5.92 Å². The average molecular weight is 391 g/mol. The standard InChI is InChI=1S/C19H25N3O6/c1-14-3-2-6-21(12-14)18(23)13-28-19(24)15-4-5-16(17(11-15)22(25)26)20-7-9-27-10-8-20/h4-5,11,14H,2-3,6-10,12-13H2,1H3/t14-/m0/s1. The highest BCUT2D eigenvalue weighted by molar-refractivity contribution is 5.93. The summed E-state index contributed by atoms with van der Waals surface area (Å²) in [7, 11) is 0. The molecular formula is C19H25N3O6. The molecule has 0 aliphatic carbocycles. The van der Waals surface area contributed by atoms with E-state index < -0.39 is 10.9 Å². The Hall–Kier alpha value is -2.68. The highest BCUT2D eigenvalue weighted by Crippen LogP contribution is 2.30. The van der Waals surface area contributed by atoms with E-state index in [-0.39, 0.29) is 23.8 Å². The lowest BCUT2D eigenvalue weighted by atomic mass is 10.0. The van der Waals surface area contributed by atoms with Gasteiger partial charge in [-0.05, 0) is 30.9 Å². The Kier molecular flexibility index (Phi) is 6.45. The molecule has 0 spiro atoms. The molecule has 1 aromatic rings. The quantitative estimate of drug-likeness (QED) is 0.429. The second-order valence-corrected chi connectivity index (χ2v) is 7.22. The van der Waals surface area contributed by atoms with E-state index in [1.54, 1.807) is 11.0 Å². The van der Waals surface area contributed by atoms with Gasteiger partial charge in [-0.25, -0.2) is 4.79 Å². The Morgan fingerprint density at radius 1 is 1.29 bits per heavy atom. The van der Waals surface area contributed by atoms with E-state index in [9.17, 15) is 19.7 Å². The van der Waals surface area contributed by atoms with Crippen molar-refractivity contribution in [3.8, 4) is 0 Å². The number of nitro groups is 1. The van der Waals surface area contributed by atoms with E-state index in [1.807, 2.05) is 4.90 Å². The van der Waals surface area contributed by atoms with Gasteiger partial charge >= 0.3 is 5.97 Å². The SMILES string of the molecule is C[C@H]1CCCN(C(=O)COC(=O)c2ccc(N3CCOCC3)c([N+](=O)[O-])c2)C1. The summed E-state index contributed by atoms with van der Waals surface area (Å²) in [5.74, 6) is -0.543. The number of hydrogen-bond donors (Lipinski definition) is 0. The molecule has 2 fully saturated rings. The molecule has 2 aliphatic heterocycles. The average Bonchev–Trinajstić information content (AvgIpc) is 2.72. The lowest BCUT2D eigenvalue weighted by molar-refractivity contribution is -0.384.